The minimum Gasteiger partial charge on any atom is -0.310 e. The van der Waals surface area contributed by atoms with Gasteiger partial charge < -0.3 is 9.80 Å². The summed E-state index contributed by atoms with van der Waals surface area (Å²) in [5.74, 6) is -5.55. The molecule has 4 saturated heterocycles. The van der Waals surface area contributed by atoms with Crippen LogP contribution in [-0.4, -0.2) is 93.4 Å². The molecule has 0 aliphatic carbocycles. The van der Waals surface area contributed by atoms with E-state index in [2.05, 4.69) is 44.9 Å². The Morgan fingerprint density at radius 3 is 0.904 bits per heavy atom. The number of piperidine rings is 1. The van der Waals surface area contributed by atoms with Crippen molar-refractivity contribution < 1.29 is 94.6 Å². The summed E-state index contributed by atoms with van der Waals surface area (Å²) >= 11 is 0. The second-order valence-electron chi connectivity index (χ2n) is 20.4. The van der Waals surface area contributed by atoms with Gasteiger partial charge in [0.25, 0.3) is 0 Å². The van der Waals surface area contributed by atoms with Gasteiger partial charge in [0.1, 0.15) is 23.8 Å². The van der Waals surface area contributed by atoms with E-state index >= 15 is 0 Å². The van der Waals surface area contributed by atoms with E-state index < -0.39 is 99.9 Å². The Bertz CT molecular complexity index is 4180. The molecule has 0 aromatic carbocycles. The molecule has 0 atom stereocenters. The van der Waals surface area contributed by atoms with Gasteiger partial charge in [0.2, 0.25) is 35.4 Å². The average Bonchev–Trinajstić information content (AvgIpc) is 1.30. The molecule has 8 aromatic rings. The van der Waals surface area contributed by atoms with Gasteiger partial charge >= 0.3 is 24.7 Å². The quantitative estimate of drug-likeness (QED) is 0.102. The summed E-state index contributed by atoms with van der Waals surface area (Å²) in [6, 6.07) is 12.7. The maximum Gasteiger partial charge on any atom is 0.435 e. The van der Waals surface area contributed by atoms with Crippen LogP contribution in [0.3, 0.4) is 0 Å². The molecule has 94 heavy (non-hydrogen) atoms. The van der Waals surface area contributed by atoms with E-state index in [0.29, 0.717) is 34.6 Å². The van der Waals surface area contributed by atoms with Gasteiger partial charge in [-0.1, -0.05) is 0 Å². The van der Waals surface area contributed by atoms with Crippen molar-refractivity contribution in [2.24, 2.45) is 0 Å². The van der Waals surface area contributed by atoms with Crippen molar-refractivity contribution >= 4 is 58.2 Å². The number of rotatable bonds is 8. The van der Waals surface area contributed by atoms with E-state index in [1.807, 2.05) is 0 Å². The molecular weight excluding hydrogens is 1280 g/mol. The van der Waals surface area contributed by atoms with Gasteiger partial charge in [0.15, 0.2) is 22.8 Å². The predicted molar refractivity (Wildman–Crippen MR) is 299 cm³/mol. The van der Waals surface area contributed by atoms with Gasteiger partial charge in [-0.05, 0) is 86.0 Å². The van der Waals surface area contributed by atoms with Crippen molar-refractivity contribution in [3.8, 4) is 45.0 Å². The van der Waals surface area contributed by atoms with Crippen LogP contribution in [0, 0.1) is 17.5 Å². The molecule has 12 heterocycles. The van der Waals surface area contributed by atoms with Crippen molar-refractivity contribution in [3.63, 3.8) is 0 Å². The zero-order valence-corrected chi connectivity index (χ0v) is 47.8. The van der Waals surface area contributed by atoms with Crippen LogP contribution in [0.5, 0.6) is 0 Å². The molecule has 4 aliphatic rings. The molecule has 6 amide bonds. The number of nitrogens with zero attached hydrogens (tertiary/aromatic N) is 13. The number of amides is 6. The number of halogens is 15. The number of aromatic nitrogens is 9. The van der Waals surface area contributed by atoms with Gasteiger partial charge in [-0.3, -0.25) is 43.7 Å². The lowest BCUT2D eigenvalue weighted by Gasteiger charge is -2.28. The average molecular weight is 1330 g/mol. The maximum atomic E-state index is 13.4. The first-order valence-corrected chi connectivity index (χ1v) is 27.6. The van der Waals surface area contributed by atoms with Gasteiger partial charge in [-0.2, -0.15) is 52.7 Å². The van der Waals surface area contributed by atoms with Crippen LogP contribution in [0.2, 0.25) is 0 Å². The number of imide groups is 2. The van der Waals surface area contributed by atoms with Gasteiger partial charge in [-0.15, -0.1) is 0 Å². The fourth-order valence-electron chi connectivity index (χ4n) is 9.82. The van der Waals surface area contributed by atoms with E-state index in [0.717, 1.165) is 64.9 Å². The van der Waals surface area contributed by atoms with Crippen molar-refractivity contribution in [2.45, 2.75) is 82.5 Å². The predicted octanol–water partition coefficient (Wildman–Crippen LogP) is 12.4. The monoisotopic (exact) mass is 1330 g/mol. The Morgan fingerprint density at radius 1 is 0.309 bits per heavy atom. The number of hydrogen-bond acceptors (Lipinski definition) is 15. The molecule has 4 fully saturated rings. The number of alkyl halides is 12. The number of pyridine rings is 7. The molecule has 19 nitrogen and oxygen atoms in total. The number of carbonyl (C=O) groups is 6. The second-order valence-corrected chi connectivity index (χ2v) is 20.4. The molecule has 0 unspecified atom stereocenters. The third-order valence-corrected chi connectivity index (χ3v) is 14.0. The highest BCUT2D eigenvalue weighted by molar-refractivity contribution is 6.21. The summed E-state index contributed by atoms with van der Waals surface area (Å²) in [6.07, 6.45) is -7.12. The minimum atomic E-state index is -4.89. The highest BCUT2D eigenvalue weighted by Crippen LogP contribution is 2.43. The first-order valence-electron chi connectivity index (χ1n) is 27.6. The minimum absolute atomic E-state index is 0.000713. The molecule has 0 radical (unpaired) electrons. The molecule has 0 N–H and O–H groups in total. The molecular formula is C60H42F15N13O6. The molecule has 4 aliphatic heterocycles. The summed E-state index contributed by atoms with van der Waals surface area (Å²) in [4.78, 5) is 106. The summed E-state index contributed by atoms with van der Waals surface area (Å²) in [7, 11) is 0. The lowest BCUT2D eigenvalue weighted by molar-refractivity contribution is -0.141. The third kappa shape index (κ3) is 15.8. The van der Waals surface area contributed by atoms with E-state index in [1.54, 1.807) is 0 Å². The molecule has 0 bridgehead atoms. The third-order valence-electron chi connectivity index (χ3n) is 14.0. The lowest BCUT2D eigenvalue weighted by atomic mass is 10.1. The first-order chi connectivity index (χ1) is 44.4. The van der Waals surface area contributed by atoms with E-state index in [1.165, 1.54) is 67.5 Å². The number of hydrogen-bond donors (Lipinski definition) is 0. The maximum absolute atomic E-state index is 13.4. The Hall–Kier alpha value is -10.7. The standard InChI is InChI=1S/C16H13F4N3O.C15H9F4N3O2.C15H11F4N3O.C14H9F3N4O2/c17-11-7-10(8-21-9-11)12-4-5-13(15(22-12)16(18,19)20)23-6-2-1-3-14(23)24;16-9-5-8(6-20-7-9)10-1-2-11(14(21-10)15(17,18)19)22-12(23)3-4-13(22)24;16-10-6-9(7-20-8-10)11-3-4-12(14(21-11)15(17,18)19)22-5-1-2-13(22)23;15-14(16,17)13-10(21-11(22)3-4-12(21)23)2-1-9(20-13)8-5-18-7-19-6-8/h4-5,7-9H,1-3,6H2;1-2,5-7H,3-4H2;3-4,6-8H,1-2,5H2;1-2,5-7H,3-4H2. The fourth-order valence-corrected chi connectivity index (χ4v) is 9.82. The van der Waals surface area contributed by atoms with Crippen molar-refractivity contribution in [3.05, 3.63) is 163 Å². The van der Waals surface area contributed by atoms with E-state index in [4.69, 9.17) is 0 Å². The van der Waals surface area contributed by atoms with E-state index in [9.17, 15) is 94.6 Å². The van der Waals surface area contributed by atoms with Gasteiger partial charge in [-0.25, -0.2) is 52.9 Å². The Labute approximate surface area is 519 Å². The molecule has 488 valence electrons. The number of anilines is 4. The zero-order chi connectivity index (χ0) is 68.0. The fraction of sp³-hybridized carbons (Fsp3) is 0.250. The molecule has 12 rings (SSSR count). The van der Waals surface area contributed by atoms with Crippen LogP contribution in [0.1, 0.15) is 80.6 Å². The Kier molecular flexibility index (Phi) is 19.9. The summed E-state index contributed by atoms with van der Waals surface area (Å²) in [6.45, 7) is 0.453. The molecule has 8 aromatic heterocycles. The second kappa shape index (κ2) is 27.6. The summed E-state index contributed by atoms with van der Waals surface area (Å²) < 4.78 is 200. The van der Waals surface area contributed by atoms with Gasteiger partial charge in [0.05, 0.1) is 64.1 Å². The highest BCUT2D eigenvalue weighted by Gasteiger charge is 2.45. The lowest BCUT2D eigenvalue weighted by Crippen LogP contribution is -2.36. The largest absolute Gasteiger partial charge is 0.435 e. The first kappa shape index (κ1) is 67.7. The van der Waals surface area contributed by atoms with Crippen LogP contribution < -0.4 is 19.6 Å². The SMILES string of the molecule is O=C1CCC(=O)N1c1ccc(-c2cncc(F)c2)nc1C(F)(F)F.O=C1CCC(=O)N1c1ccc(-c2cncnc2)nc1C(F)(F)F.O=C1CCCCN1c1ccc(-c2cncc(F)c2)nc1C(F)(F)F.O=C1CCCN1c1ccc(-c2cncc(F)c2)nc1C(F)(F)F. The zero-order valence-electron chi connectivity index (χ0n) is 47.8. The van der Waals surface area contributed by atoms with Gasteiger partial charge in [0, 0.05) is 105 Å². The topological polar surface area (TPSA) is 231 Å². The van der Waals surface area contributed by atoms with Crippen molar-refractivity contribution in [2.75, 3.05) is 32.7 Å². The number of carbonyl (C=O) groups excluding carboxylic acids is 6. The van der Waals surface area contributed by atoms with Crippen LogP contribution in [-0.2, 0) is 53.5 Å². The van der Waals surface area contributed by atoms with Crippen LogP contribution in [0.15, 0.2) is 123 Å². The Balaban J connectivity index is 0.000000148. The van der Waals surface area contributed by atoms with Crippen LogP contribution in [0.4, 0.5) is 88.6 Å². The molecule has 0 saturated carbocycles. The van der Waals surface area contributed by atoms with Crippen molar-refractivity contribution in [1.82, 2.24) is 44.9 Å². The smallest absolute Gasteiger partial charge is 0.310 e. The molecule has 34 heteroatoms. The van der Waals surface area contributed by atoms with Crippen molar-refractivity contribution in [1.29, 1.82) is 0 Å². The highest BCUT2D eigenvalue weighted by atomic mass is 19.4. The van der Waals surface area contributed by atoms with E-state index in [-0.39, 0.29) is 114 Å². The summed E-state index contributed by atoms with van der Waals surface area (Å²) in [5.41, 5.74) is -6.35. The van der Waals surface area contributed by atoms with Crippen LogP contribution >= 0.6 is 0 Å². The summed E-state index contributed by atoms with van der Waals surface area (Å²) in [5, 5.41) is 0. The Morgan fingerprint density at radius 2 is 0.596 bits per heavy atom. The molecule has 0 spiro atoms. The van der Waals surface area contributed by atoms with Crippen LogP contribution in [0.25, 0.3) is 45.0 Å². The normalized spacial score (nSPS) is 15.4.